The minimum Gasteiger partial charge on any atom is -0.394 e. The number of nitrogens with one attached hydrogen (secondary N) is 1. The standard InChI is InChI=1S/C12H12BrClN4O/c1-6-10(15)11(18(2)17-6)16-12(19)8-4-3-7(13)5-9(8)14/h3-5H,15H2,1-2H3,(H,16,19). The van der Waals surface area contributed by atoms with E-state index in [1.165, 1.54) is 4.68 Å². The summed E-state index contributed by atoms with van der Waals surface area (Å²) in [5.41, 5.74) is 7.35. The third-order valence-corrected chi connectivity index (χ3v) is 3.48. The lowest BCUT2D eigenvalue weighted by atomic mass is 10.2. The number of rotatable bonds is 2. The summed E-state index contributed by atoms with van der Waals surface area (Å²) in [5, 5.41) is 7.21. The van der Waals surface area contributed by atoms with Gasteiger partial charge in [0.1, 0.15) is 0 Å². The van der Waals surface area contributed by atoms with E-state index in [2.05, 4.69) is 26.3 Å². The molecule has 1 aromatic carbocycles. The Kier molecular flexibility index (Phi) is 3.82. The van der Waals surface area contributed by atoms with Gasteiger partial charge in [-0.3, -0.25) is 9.48 Å². The molecular weight excluding hydrogens is 332 g/mol. The largest absolute Gasteiger partial charge is 0.394 e. The van der Waals surface area contributed by atoms with Gasteiger partial charge in [-0.25, -0.2) is 0 Å². The fraction of sp³-hybridized carbons (Fsp3) is 0.167. The minimum absolute atomic E-state index is 0.327. The van der Waals surface area contributed by atoms with Crippen LogP contribution in [0.5, 0.6) is 0 Å². The van der Waals surface area contributed by atoms with E-state index in [0.717, 1.165) is 4.47 Å². The van der Waals surface area contributed by atoms with E-state index in [1.54, 1.807) is 32.2 Å². The van der Waals surface area contributed by atoms with Crippen molar-refractivity contribution in [1.82, 2.24) is 9.78 Å². The SMILES string of the molecule is Cc1nn(C)c(NC(=O)c2ccc(Br)cc2Cl)c1N. The van der Waals surface area contributed by atoms with Crippen molar-refractivity contribution in [3.63, 3.8) is 0 Å². The highest BCUT2D eigenvalue weighted by Crippen LogP contribution is 2.25. The number of nitrogen functional groups attached to an aromatic ring is 1. The molecule has 0 unspecified atom stereocenters. The van der Waals surface area contributed by atoms with E-state index >= 15 is 0 Å². The molecule has 0 radical (unpaired) electrons. The lowest BCUT2D eigenvalue weighted by Gasteiger charge is -2.08. The molecule has 100 valence electrons. The molecule has 0 saturated heterocycles. The van der Waals surface area contributed by atoms with Gasteiger partial charge in [0.25, 0.3) is 5.91 Å². The van der Waals surface area contributed by atoms with Crippen molar-refractivity contribution >= 4 is 44.9 Å². The fourth-order valence-electron chi connectivity index (χ4n) is 1.67. The molecule has 1 aromatic heterocycles. The third-order valence-electron chi connectivity index (χ3n) is 2.68. The summed E-state index contributed by atoms with van der Waals surface area (Å²) in [7, 11) is 1.71. The highest BCUT2D eigenvalue weighted by molar-refractivity contribution is 9.10. The van der Waals surface area contributed by atoms with Crippen molar-refractivity contribution < 1.29 is 4.79 Å². The molecule has 7 heteroatoms. The van der Waals surface area contributed by atoms with Crippen LogP contribution in [0, 0.1) is 6.92 Å². The van der Waals surface area contributed by atoms with E-state index in [4.69, 9.17) is 17.3 Å². The molecule has 19 heavy (non-hydrogen) atoms. The molecule has 0 saturated carbocycles. The first kappa shape index (κ1) is 13.9. The number of hydrogen-bond donors (Lipinski definition) is 2. The van der Waals surface area contributed by atoms with E-state index in [-0.39, 0.29) is 5.91 Å². The van der Waals surface area contributed by atoms with Gasteiger partial charge in [0.15, 0.2) is 5.82 Å². The summed E-state index contributed by atoms with van der Waals surface area (Å²) in [5.74, 6) is 0.133. The van der Waals surface area contributed by atoms with Crippen molar-refractivity contribution in [2.45, 2.75) is 6.92 Å². The van der Waals surface area contributed by atoms with Gasteiger partial charge >= 0.3 is 0 Å². The predicted octanol–water partition coefficient (Wildman–Crippen LogP) is 2.98. The van der Waals surface area contributed by atoms with Crippen LogP contribution in [-0.4, -0.2) is 15.7 Å². The van der Waals surface area contributed by atoms with Crippen LogP contribution >= 0.6 is 27.5 Å². The summed E-state index contributed by atoms with van der Waals surface area (Å²) in [6.45, 7) is 1.78. The summed E-state index contributed by atoms with van der Waals surface area (Å²) < 4.78 is 2.33. The molecular formula is C12H12BrClN4O. The zero-order valence-electron chi connectivity index (χ0n) is 10.4. The maximum Gasteiger partial charge on any atom is 0.258 e. The van der Waals surface area contributed by atoms with Crippen molar-refractivity contribution in [2.24, 2.45) is 7.05 Å². The molecule has 0 aliphatic heterocycles. The zero-order valence-corrected chi connectivity index (χ0v) is 12.7. The number of nitrogens with zero attached hydrogens (tertiary/aromatic N) is 2. The van der Waals surface area contributed by atoms with E-state index < -0.39 is 0 Å². The normalized spacial score (nSPS) is 10.5. The summed E-state index contributed by atoms with van der Waals surface area (Å²) >= 11 is 9.32. The Bertz CT molecular complexity index is 653. The number of halogens is 2. The maximum atomic E-state index is 12.2. The van der Waals surface area contributed by atoms with Gasteiger partial charge in [-0.1, -0.05) is 27.5 Å². The number of carbonyl (C=O) groups excluding carboxylic acids is 1. The monoisotopic (exact) mass is 342 g/mol. The second-order valence-electron chi connectivity index (χ2n) is 4.05. The lowest BCUT2D eigenvalue weighted by molar-refractivity contribution is 0.102. The molecule has 0 aliphatic carbocycles. The van der Waals surface area contributed by atoms with Crippen LogP contribution in [-0.2, 0) is 7.05 Å². The second kappa shape index (κ2) is 5.22. The molecule has 1 heterocycles. The van der Waals surface area contributed by atoms with E-state index in [0.29, 0.717) is 27.8 Å². The first-order valence-electron chi connectivity index (χ1n) is 5.45. The van der Waals surface area contributed by atoms with E-state index in [9.17, 15) is 4.79 Å². The third kappa shape index (κ3) is 2.74. The van der Waals surface area contributed by atoms with Gasteiger partial charge in [-0.15, -0.1) is 0 Å². The average Bonchev–Trinajstić information content (AvgIpc) is 2.56. The Labute approximate surface area is 123 Å². The molecule has 0 aliphatic rings. The smallest absolute Gasteiger partial charge is 0.258 e. The molecule has 0 spiro atoms. The predicted molar refractivity (Wildman–Crippen MR) is 79.5 cm³/mol. The Morgan fingerprint density at radius 2 is 2.21 bits per heavy atom. The number of anilines is 2. The molecule has 3 N–H and O–H groups in total. The maximum absolute atomic E-state index is 12.2. The number of carbonyl (C=O) groups is 1. The highest BCUT2D eigenvalue weighted by Gasteiger charge is 2.16. The first-order chi connectivity index (χ1) is 8.90. The zero-order chi connectivity index (χ0) is 14.2. The van der Waals surface area contributed by atoms with Gasteiger partial charge in [0.05, 0.1) is 22.0 Å². The number of hydrogen-bond acceptors (Lipinski definition) is 3. The molecule has 5 nitrogen and oxygen atoms in total. The first-order valence-corrected chi connectivity index (χ1v) is 6.62. The van der Waals surface area contributed by atoms with Crippen LogP contribution in [0.25, 0.3) is 0 Å². The van der Waals surface area contributed by atoms with Crippen molar-refractivity contribution in [3.05, 3.63) is 39.0 Å². The van der Waals surface area contributed by atoms with Gasteiger partial charge in [0.2, 0.25) is 0 Å². The number of amides is 1. The van der Waals surface area contributed by atoms with Crippen LogP contribution in [0.3, 0.4) is 0 Å². The van der Waals surface area contributed by atoms with Crippen molar-refractivity contribution in [2.75, 3.05) is 11.1 Å². The second-order valence-corrected chi connectivity index (χ2v) is 5.37. The lowest BCUT2D eigenvalue weighted by Crippen LogP contribution is -2.16. The number of aromatic nitrogens is 2. The van der Waals surface area contributed by atoms with Crippen LogP contribution < -0.4 is 11.1 Å². The van der Waals surface area contributed by atoms with Crippen LogP contribution in [0.1, 0.15) is 16.1 Å². The number of aryl methyl sites for hydroxylation is 2. The van der Waals surface area contributed by atoms with Gasteiger partial charge in [-0.05, 0) is 25.1 Å². The summed E-state index contributed by atoms with van der Waals surface area (Å²) in [4.78, 5) is 12.2. The topological polar surface area (TPSA) is 72.9 Å². The molecule has 1 amide bonds. The Balaban J connectivity index is 2.31. The Morgan fingerprint density at radius 3 is 2.74 bits per heavy atom. The van der Waals surface area contributed by atoms with Crippen LogP contribution in [0.2, 0.25) is 5.02 Å². The van der Waals surface area contributed by atoms with Crippen LogP contribution in [0.4, 0.5) is 11.5 Å². The van der Waals surface area contributed by atoms with Gasteiger partial charge in [0, 0.05) is 11.5 Å². The summed E-state index contributed by atoms with van der Waals surface area (Å²) in [6.07, 6.45) is 0. The van der Waals surface area contributed by atoms with Gasteiger partial charge in [-0.2, -0.15) is 5.10 Å². The van der Waals surface area contributed by atoms with Crippen molar-refractivity contribution in [3.8, 4) is 0 Å². The number of benzene rings is 1. The minimum atomic E-state index is -0.327. The molecule has 0 bridgehead atoms. The van der Waals surface area contributed by atoms with Gasteiger partial charge < -0.3 is 11.1 Å². The molecule has 0 fully saturated rings. The molecule has 2 rings (SSSR count). The Hall–Kier alpha value is -1.53. The highest BCUT2D eigenvalue weighted by atomic mass is 79.9. The molecule has 0 atom stereocenters. The molecule has 2 aromatic rings. The number of nitrogens with two attached hydrogens (primary N) is 1. The van der Waals surface area contributed by atoms with Crippen molar-refractivity contribution in [1.29, 1.82) is 0 Å². The summed E-state index contributed by atoms with van der Waals surface area (Å²) in [6, 6.07) is 5.05. The Morgan fingerprint density at radius 1 is 1.53 bits per heavy atom. The van der Waals surface area contributed by atoms with Crippen LogP contribution in [0.15, 0.2) is 22.7 Å². The average molecular weight is 344 g/mol. The van der Waals surface area contributed by atoms with E-state index in [1.807, 2.05) is 0 Å². The quantitative estimate of drug-likeness (QED) is 0.880. The fourth-order valence-corrected chi connectivity index (χ4v) is 2.43.